The predicted octanol–water partition coefficient (Wildman–Crippen LogP) is 2.56. The van der Waals surface area contributed by atoms with Gasteiger partial charge < -0.3 is 0 Å². The summed E-state index contributed by atoms with van der Waals surface area (Å²) in [6, 6.07) is 6.07. The van der Waals surface area contributed by atoms with Gasteiger partial charge in [0, 0.05) is 6.42 Å². The number of hydrogen-bond acceptors (Lipinski definition) is 3. The monoisotopic (exact) mass is 247 g/mol. The van der Waals surface area contributed by atoms with Crippen LogP contribution in [0.1, 0.15) is 36.5 Å². The molecule has 0 fully saturated rings. The maximum atomic E-state index is 13.2. The summed E-state index contributed by atoms with van der Waals surface area (Å²) in [5.41, 5.74) is 1.67. The third kappa shape index (κ3) is 2.16. The average Bonchev–Trinajstić information content (AvgIpc) is 2.81. The van der Waals surface area contributed by atoms with Crippen LogP contribution in [0.5, 0.6) is 0 Å². The first-order chi connectivity index (χ1) is 8.67. The van der Waals surface area contributed by atoms with Gasteiger partial charge in [-0.3, -0.25) is 4.79 Å². The molecule has 0 saturated carbocycles. The topological polar surface area (TPSA) is 47.8 Å². The highest BCUT2D eigenvalue weighted by molar-refractivity contribution is 5.95. The molecule has 0 aliphatic rings. The molecule has 1 aromatic heterocycles. The highest BCUT2D eigenvalue weighted by Gasteiger charge is 2.17. The van der Waals surface area contributed by atoms with Crippen LogP contribution in [0.15, 0.2) is 24.3 Å². The minimum atomic E-state index is -0.339. The SMILES string of the molecule is CCC(=O)c1nnn(-c2cccc(F)c2)c1CC. The van der Waals surface area contributed by atoms with E-state index in [1.54, 1.807) is 19.1 Å². The van der Waals surface area contributed by atoms with E-state index in [1.807, 2.05) is 6.92 Å². The van der Waals surface area contributed by atoms with Crippen molar-refractivity contribution >= 4 is 5.78 Å². The van der Waals surface area contributed by atoms with E-state index in [9.17, 15) is 9.18 Å². The number of rotatable bonds is 4. The third-order valence-corrected chi connectivity index (χ3v) is 2.74. The smallest absolute Gasteiger partial charge is 0.184 e. The molecule has 94 valence electrons. The molecule has 0 saturated heterocycles. The fraction of sp³-hybridized carbons (Fsp3) is 0.308. The third-order valence-electron chi connectivity index (χ3n) is 2.74. The van der Waals surface area contributed by atoms with Gasteiger partial charge in [0.05, 0.1) is 11.4 Å². The van der Waals surface area contributed by atoms with E-state index < -0.39 is 0 Å². The normalized spacial score (nSPS) is 10.6. The van der Waals surface area contributed by atoms with Crippen molar-refractivity contribution in [3.8, 4) is 5.69 Å². The highest BCUT2D eigenvalue weighted by Crippen LogP contribution is 2.15. The second kappa shape index (κ2) is 5.08. The Kier molecular flexibility index (Phi) is 3.50. The molecule has 4 nitrogen and oxygen atoms in total. The first kappa shape index (κ1) is 12.4. The first-order valence-electron chi connectivity index (χ1n) is 5.91. The summed E-state index contributed by atoms with van der Waals surface area (Å²) >= 11 is 0. The molecule has 0 aliphatic carbocycles. The summed E-state index contributed by atoms with van der Waals surface area (Å²) < 4.78 is 14.7. The average molecular weight is 247 g/mol. The number of nitrogens with zero attached hydrogens (tertiary/aromatic N) is 3. The number of ketones is 1. The summed E-state index contributed by atoms with van der Waals surface area (Å²) in [6.07, 6.45) is 0.999. The Morgan fingerprint density at radius 1 is 1.39 bits per heavy atom. The molecule has 1 heterocycles. The van der Waals surface area contributed by atoms with Crippen LogP contribution in [-0.4, -0.2) is 20.8 Å². The van der Waals surface area contributed by atoms with Crippen LogP contribution in [0.3, 0.4) is 0 Å². The van der Waals surface area contributed by atoms with Crippen LogP contribution in [-0.2, 0) is 6.42 Å². The van der Waals surface area contributed by atoms with E-state index in [4.69, 9.17) is 0 Å². The number of Topliss-reactive ketones (excluding diaryl/α,β-unsaturated/α-hetero) is 1. The Morgan fingerprint density at radius 3 is 2.78 bits per heavy atom. The van der Waals surface area contributed by atoms with Gasteiger partial charge in [-0.1, -0.05) is 25.1 Å². The van der Waals surface area contributed by atoms with E-state index in [0.29, 0.717) is 29.9 Å². The lowest BCUT2D eigenvalue weighted by Gasteiger charge is -2.05. The molecule has 1 aromatic carbocycles. The number of halogens is 1. The van der Waals surface area contributed by atoms with Crippen LogP contribution in [0.25, 0.3) is 5.69 Å². The Morgan fingerprint density at radius 2 is 2.17 bits per heavy atom. The van der Waals surface area contributed by atoms with E-state index in [2.05, 4.69) is 10.3 Å². The Hall–Kier alpha value is -2.04. The first-order valence-corrected chi connectivity index (χ1v) is 5.91. The number of carbonyl (C=O) groups excluding carboxylic acids is 1. The van der Waals surface area contributed by atoms with Gasteiger partial charge in [-0.2, -0.15) is 0 Å². The van der Waals surface area contributed by atoms with Crippen LogP contribution < -0.4 is 0 Å². The van der Waals surface area contributed by atoms with E-state index >= 15 is 0 Å². The molecule has 0 aliphatic heterocycles. The fourth-order valence-corrected chi connectivity index (χ4v) is 1.82. The number of carbonyl (C=O) groups is 1. The summed E-state index contributed by atoms with van der Waals surface area (Å²) in [4.78, 5) is 11.7. The lowest BCUT2D eigenvalue weighted by molar-refractivity contribution is 0.0982. The maximum Gasteiger partial charge on any atom is 0.184 e. The van der Waals surface area contributed by atoms with Crippen LogP contribution >= 0.6 is 0 Å². The number of hydrogen-bond donors (Lipinski definition) is 0. The van der Waals surface area contributed by atoms with Crippen molar-refractivity contribution in [3.63, 3.8) is 0 Å². The minimum absolute atomic E-state index is 0.0468. The standard InChI is InChI=1S/C13H14FN3O/c1-3-11-13(12(18)4-2)15-16-17(11)10-7-5-6-9(14)8-10/h5-8H,3-4H2,1-2H3. The zero-order valence-electron chi connectivity index (χ0n) is 10.4. The molecule has 0 unspecified atom stereocenters. The molecule has 2 rings (SSSR count). The van der Waals surface area contributed by atoms with Crippen molar-refractivity contribution in [2.24, 2.45) is 0 Å². The van der Waals surface area contributed by atoms with E-state index in [-0.39, 0.29) is 11.6 Å². The fourth-order valence-electron chi connectivity index (χ4n) is 1.82. The summed E-state index contributed by atoms with van der Waals surface area (Å²) in [6.45, 7) is 3.70. The van der Waals surface area contributed by atoms with Gasteiger partial charge in [0.25, 0.3) is 0 Å². The van der Waals surface area contributed by atoms with Gasteiger partial charge in [-0.25, -0.2) is 9.07 Å². The Labute approximate surface area is 104 Å². The van der Waals surface area contributed by atoms with Crippen molar-refractivity contribution in [1.29, 1.82) is 0 Å². The molecule has 5 heteroatoms. The lowest BCUT2D eigenvalue weighted by atomic mass is 10.1. The lowest BCUT2D eigenvalue weighted by Crippen LogP contribution is -2.06. The predicted molar refractivity (Wildman–Crippen MR) is 65.3 cm³/mol. The van der Waals surface area contributed by atoms with Crippen molar-refractivity contribution in [2.45, 2.75) is 26.7 Å². The van der Waals surface area contributed by atoms with Gasteiger partial charge in [-0.15, -0.1) is 5.10 Å². The minimum Gasteiger partial charge on any atom is -0.292 e. The van der Waals surface area contributed by atoms with E-state index in [1.165, 1.54) is 16.8 Å². The number of aromatic nitrogens is 3. The molecule has 0 radical (unpaired) electrons. The van der Waals surface area contributed by atoms with Gasteiger partial charge in [0.15, 0.2) is 11.5 Å². The van der Waals surface area contributed by atoms with Crippen LogP contribution in [0.2, 0.25) is 0 Å². The largest absolute Gasteiger partial charge is 0.292 e. The zero-order valence-corrected chi connectivity index (χ0v) is 10.4. The van der Waals surface area contributed by atoms with Crippen LogP contribution in [0, 0.1) is 5.82 Å². The highest BCUT2D eigenvalue weighted by atomic mass is 19.1. The molecule has 2 aromatic rings. The number of benzene rings is 1. The van der Waals surface area contributed by atoms with Crippen molar-refractivity contribution in [2.75, 3.05) is 0 Å². The molecule has 0 amide bonds. The zero-order chi connectivity index (χ0) is 13.1. The second-order valence-electron chi connectivity index (χ2n) is 3.91. The molecular weight excluding hydrogens is 233 g/mol. The maximum absolute atomic E-state index is 13.2. The van der Waals surface area contributed by atoms with E-state index in [0.717, 1.165) is 0 Å². The molecular formula is C13H14FN3O. The van der Waals surface area contributed by atoms with Gasteiger partial charge >= 0.3 is 0 Å². The van der Waals surface area contributed by atoms with Crippen LogP contribution in [0.4, 0.5) is 4.39 Å². The van der Waals surface area contributed by atoms with Crippen molar-refractivity contribution < 1.29 is 9.18 Å². The quantitative estimate of drug-likeness (QED) is 0.780. The summed E-state index contributed by atoms with van der Waals surface area (Å²) in [7, 11) is 0. The Balaban J connectivity index is 2.52. The van der Waals surface area contributed by atoms with Crippen molar-refractivity contribution in [1.82, 2.24) is 15.0 Å². The molecule has 0 atom stereocenters. The van der Waals surface area contributed by atoms with Crippen molar-refractivity contribution in [3.05, 3.63) is 41.5 Å². The summed E-state index contributed by atoms with van der Waals surface area (Å²) in [5, 5.41) is 7.85. The molecule has 18 heavy (non-hydrogen) atoms. The Bertz CT molecular complexity index is 577. The second-order valence-corrected chi connectivity index (χ2v) is 3.91. The van der Waals surface area contributed by atoms with Gasteiger partial charge in [0.2, 0.25) is 0 Å². The summed E-state index contributed by atoms with van der Waals surface area (Å²) in [5.74, 6) is -0.386. The van der Waals surface area contributed by atoms with Gasteiger partial charge in [0.1, 0.15) is 5.82 Å². The van der Waals surface area contributed by atoms with Gasteiger partial charge in [-0.05, 0) is 24.6 Å². The molecule has 0 bridgehead atoms. The molecule has 0 N–H and O–H groups in total. The molecule has 0 spiro atoms.